The Bertz CT molecular complexity index is 563. The Morgan fingerprint density at radius 2 is 2.00 bits per heavy atom. The lowest BCUT2D eigenvalue weighted by Crippen LogP contribution is -2.20. The van der Waals surface area contributed by atoms with E-state index in [2.05, 4.69) is 10.1 Å². The maximum atomic E-state index is 12.0. The molecule has 110 valence electrons. The first-order valence-electron chi connectivity index (χ1n) is 6.37. The largest absolute Gasteiger partial charge is 0.411 e. The molecule has 0 amide bonds. The van der Waals surface area contributed by atoms with Crippen molar-refractivity contribution in [3.05, 3.63) is 36.0 Å². The Morgan fingerprint density at radius 1 is 1.25 bits per heavy atom. The van der Waals surface area contributed by atoms with E-state index in [1.807, 2.05) is 41.9 Å². The van der Waals surface area contributed by atoms with Crippen LogP contribution in [0.15, 0.2) is 30.3 Å². The van der Waals surface area contributed by atoms with Crippen LogP contribution in [0.3, 0.4) is 0 Å². The Hall–Kier alpha value is -1.53. The maximum Gasteiger partial charge on any atom is 0.411 e. The average molecular weight is 286 g/mol. The van der Waals surface area contributed by atoms with Gasteiger partial charge in [0.05, 0.1) is 6.61 Å². The van der Waals surface area contributed by atoms with Gasteiger partial charge in [0, 0.05) is 24.3 Å². The summed E-state index contributed by atoms with van der Waals surface area (Å²) in [4.78, 5) is 0. The quantitative estimate of drug-likeness (QED) is 0.826. The van der Waals surface area contributed by atoms with Crippen molar-refractivity contribution in [3.8, 4) is 0 Å². The molecule has 0 bridgehead atoms. The van der Waals surface area contributed by atoms with Gasteiger partial charge in [-0.2, -0.15) is 13.2 Å². The van der Waals surface area contributed by atoms with Crippen molar-refractivity contribution in [2.24, 2.45) is 0 Å². The zero-order chi connectivity index (χ0) is 14.6. The number of nitrogens with one attached hydrogen (secondary N) is 1. The summed E-state index contributed by atoms with van der Waals surface area (Å²) >= 11 is 0. The standard InChI is InChI=1S/C14H17F3N2O/c1-18-9-12-8-11-4-2-3-5-13(11)19(12)6-7-20-10-14(15,16)17/h2-5,8,18H,6-7,9-10H2,1H3. The maximum absolute atomic E-state index is 12.0. The molecular weight excluding hydrogens is 269 g/mol. The molecule has 0 aliphatic heterocycles. The van der Waals surface area contributed by atoms with Crippen LogP contribution in [0.2, 0.25) is 0 Å². The highest BCUT2D eigenvalue weighted by Crippen LogP contribution is 2.20. The summed E-state index contributed by atoms with van der Waals surface area (Å²) in [7, 11) is 1.84. The number of hydrogen-bond donors (Lipinski definition) is 1. The van der Waals surface area contributed by atoms with E-state index < -0.39 is 12.8 Å². The zero-order valence-corrected chi connectivity index (χ0v) is 11.2. The van der Waals surface area contributed by atoms with Gasteiger partial charge in [0.25, 0.3) is 0 Å². The molecule has 0 atom stereocenters. The molecule has 0 aliphatic carbocycles. The van der Waals surface area contributed by atoms with E-state index in [9.17, 15) is 13.2 Å². The van der Waals surface area contributed by atoms with Crippen LogP contribution in [0.25, 0.3) is 10.9 Å². The summed E-state index contributed by atoms with van der Waals surface area (Å²) in [5, 5.41) is 4.14. The molecule has 2 aromatic rings. The van der Waals surface area contributed by atoms with Crippen molar-refractivity contribution in [2.45, 2.75) is 19.3 Å². The first-order chi connectivity index (χ1) is 9.51. The normalized spacial score (nSPS) is 12.2. The van der Waals surface area contributed by atoms with Crippen molar-refractivity contribution >= 4 is 10.9 Å². The molecule has 1 N–H and O–H groups in total. The molecule has 1 aromatic carbocycles. The number of fused-ring (bicyclic) bond motifs is 1. The number of hydrogen-bond acceptors (Lipinski definition) is 2. The summed E-state index contributed by atoms with van der Waals surface area (Å²) < 4.78 is 42.8. The van der Waals surface area contributed by atoms with Gasteiger partial charge >= 0.3 is 6.18 Å². The van der Waals surface area contributed by atoms with Crippen molar-refractivity contribution in [3.63, 3.8) is 0 Å². The van der Waals surface area contributed by atoms with Gasteiger partial charge in [-0.15, -0.1) is 0 Å². The number of ether oxygens (including phenoxy) is 1. The molecule has 0 unspecified atom stereocenters. The number of nitrogens with zero attached hydrogens (tertiary/aromatic N) is 1. The van der Waals surface area contributed by atoms with Crippen LogP contribution in [0.5, 0.6) is 0 Å². The van der Waals surface area contributed by atoms with Crippen molar-refractivity contribution in [1.29, 1.82) is 0 Å². The van der Waals surface area contributed by atoms with Gasteiger partial charge < -0.3 is 14.6 Å². The first kappa shape index (κ1) is 14.9. The summed E-state index contributed by atoms with van der Waals surface area (Å²) in [6, 6.07) is 9.84. The third-order valence-electron chi connectivity index (χ3n) is 2.98. The Balaban J connectivity index is 2.09. The number of alkyl halides is 3. The number of para-hydroxylation sites is 1. The van der Waals surface area contributed by atoms with Crippen LogP contribution in [0, 0.1) is 0 Å². The second kappa shape index (κ2) is 6.28. The molecule has 0 fully saturated rings. The van der Waals surface area contributed by atoms with Gasteiger partial charge in [0.2, 0.25) is 0 Å². The lowest BCUT2D eigenvalue weighted by molar-refractivity contribution is -0.174. The monoisotopic (exact) mass is 286 g/mol. The Morgan fingerprint density at radius 3 is 2.70 bits per heavy atom. The highest BCUT2D eigenvalue weighted by Gasteiger charge is 2.27. The molecule has 0 saturated carbocycles. The third kappa shape index (κ3) is 3.74. The van der Waals surface area contributed by atoms with E-state index in [0.717, 1.165) is 16.6 Å². The van der Waals surface area contributed by atoms with E-state index in [1.165, 1.54) is 0 Å². The Kier molecular flexibility index (Phi) is 4.67. The van der Waals surface area contributed by atoms with Gasteiger partial charge in [-0.1, -0.05) is 18.2 Å². The number of aromatic nitrogens is 1. The topological polar surface area (TPSA) is 26.2 Å². The molecule has 6 heteroatoms. The van der Waals surface area contributed by atoms with Crippen molar-refractivity contribution in [1.82, 2.24) is 9.88 Å². The summed E-state index contributed by atoms with van der Waals surface area (Å²) in [6.45, 7) is -0.100. The summed E-state index contributed by atoms with van der Waals surface area (Å²) in [5.74, 6) is 0. The molecule has 0 spiro atoms. The molecule has 20 heavy (non-hydrogen) atoms. The van der Waals surface area contributed by atoms with E-state index in [4.69, 9.17) is 0 Å². The van der Waals surface area contributed by atoms with Gasteiger partial charge in [0.1, 0.15) is 6.61 Å². The molecule has 0 radical (unpaired) electrons. The van der Waals surface area contributed by atoms with Crippen LogP contribution in [-0.2, 0) is 17.8 Å². The van der Waals surface area contributed by atoms with Crippen LogP contribution in [0.4, 0.5) is 13.2 Å². The van der Waals surface area contributed by atoms with Crippen molar-refractivity contribution < 1.29 is 17.9 Å². The minimum Gasteiger partial charge on any atom is -0.370 e. The minimum atomic E-state index is -4.27. The van der Waals surface area contributed by atoms with Crippen LogP contribution in [0.1, 0.15) is 5.69 Å². The predicted molar refractivity (Wildman–Crippen MR) is 71.6 cm³/mol. The first-order valence-corrected chi connectivity index (χ1v) is 6.37. The lowest BCUT2D eigenvalue weighted by atomic mass is 10.2. The molecule has 1 heterocycles. The molecule has 2 rings (SSSR count). The van der Waals surface area contributed by atoms with E-state index in [1.54, 1.807) is 0 Å². The third-order valence-corrected chi connectivity index (χ3v) is 2.98. The highest BCUT2D eigenvalue weighted by molar-refractivity contribution is 5.81. The Labute approximate surface area is 115 Å². The van der Waals surface area contributed by atoms with E-state index >= 15 is 0 Å². The smallest absolute Gasteiger partial charge is 0.370 e. The van der Waals surface area contributed by atoms with Crippen LogP contribution < -0.4 is 5.32 Å². The highest BCUT2D eigenvalue weighted by atomic mass is 19.4. The summed E-state index contributed by atoms with van der Waals surface area (Å²) in [5.41, 5.74) is 2.04. The summed E-state index contributed by atoms with van der Waals surface area (Å²) in [6.07, 6.45) is -4.27. The van der Waals surface area contributed by atoms with Crippen LogP contribution >= 0.6 is 0 Å². The van der Waals surface area contributed by atoms with Gasteiger partial charge in [-0.3, -0.25) is 0 Å². The molecule has 3 nitrogen and oxygen atoms in total. The molecular formula is C14H17F3N2O. The van der Waals surface area contributed by atoms with E-state index in [0.29, 0.717) is 13.1 Å². The predicted octanol–water partition coefficient (Wildman–Crippen LogP) is 2.94. The fourth-order valence-electron chi connectivity index (χ4n) is 2.20. The molecule has 0 saturated heterocycles. The SMILES string of the molecule is CNCc1cc2ccccc2n1CCOCC(F)(F)F. The average Bonchev–Trinajstić information content (AvgIpc) is 2.72. The second-order valence-corrected chi connectivity index (χ2v) is 4.54. The fraction of sp³-hybridized carbons (Fsp3) is 0.429. The number of rotatable bonds is 6. The zero-order valence-electron chi connectivity index (χ0n) is 11.2. The molecule has 1 aromatic heterocycles. The number of benzene rings is 1. The molecule has 0 aliphatic rings. The van der Waals surface area contributed by atoms with Gasteiger partial charge in [-0.05, 0) is 24.6 Å². The van der Waals surface area contributed by atoms with E-state index in [-0.39, 0.29) is 6.61 Å². The minimum absolute atomic E-state index is 0.0366. The van der Waals surface area contributed by atoms with Crippen LogP contribution in [-0.4, -0.2) is 31.0 Å². The van der Waals surface area contributed by atoms with Gasteiger partial charge in [-0.25, -0.2) is 0 Å². The second-order valence-electron chi connectivity index (χ2n) is 4.54. The van der Waals surface area contributed by atoms with Crippen molar-refractivity contribution in [2.75, 3.05) is 20.3 Å². The lowest BCUT2D eigenvalue weighted by Gasteiger charge is -2.12. The fourth-order valence-corrected chi connectivity index (χ4v) is 2.20. The number of halogens is 3. The van der Waals surface area contributed by atoms with Gasteiger partial charge in [0.15, 0.2) is 0 Å².